The van der Waals surface area contributed by atoms with Crippen LogP contribution in [0.3, 0.4) is 0 Å². The van der Waals surface area contributed by atoms with E-state index in [4.69, 9.17) is 9.47 Å². The van der Waals surface area contributed by atoms with Crippen LogP contribution in [0.2, 0.25) is 0 Å². The highest BCUT2D eigenvalue weighted by Crippen LogP contribution is 2.33. The second-order valence-corrected chi connectivity index (χ2v) is 4.87. The first kappa shape index (κ1) is 17.8. The highest BCUT2D eigenvalue weighted by atomic mass is 19.1. The van der Waals surface area contributed by atoms with E-state index in [0.29, 0.717) is 11.6 Å². The summed E-state index contributed by atoms with van der Waals surface area (Å²) in [4.78, 5) is 11.4. The molecular formula is C17H16F2O5. The molecule has 2 aromatic carbocycles. The van der Waals surface area contributed by atoms with Gasteiger partial charge in [0.2, 0.25) is 0 Å². The number of hydrogen-bond donors (Lipinski definition) is 1. The van der Waals surface area contributed by atoms with Crippen LogP contribution in [0.1, 0.15) is 27.6 Å². The minimum Gasteiger partial charge on any atom is -0.467 e. The van der Waals surface area contributed by atoms with Crippen LogP contribution in [0, 0.1) is 11.6 Å². The summed E-state index contributed by atoms with van der Waals surface area (Å²) in [7, 11) is 2.61. The van der Waals surface area contributed by atoms with Gasteiger partial charge in [-0.15, -0.1) is 0 Å². The molecule has 0 spiro atoms. The third-order valence-electron chi connectivity index (χ3n) is 3.31. The highest BCUT2D eigenvalue weighted by molar-refractivity contribution is 5.89. The molecule has 2 rings (SSSR count). The number of hydrogen-bond acceptors (Lipinski definition) is 5. The lowest BCUT2D eigenvalue weighted by Gasteiger charge is -2.17. The SMILES string of the molecule is COCOc1cc(F)cc(F)c1C(O)c1ccc(C(=O)OC)cc1. The van der Waals surface area contributed by atoms with Crippen LogP contribution in [0.25, 0.3) is 0 Å². The van der Waals surface area contributed by atoms with E-state index in [0.717, 1.165) is 6.07 Å². The molecule has 0 bridgehead atoms. The van der Waals surface area contributed by atoms with Gasteiger partial charge in [0, 0.05) is 19.2 Å². The monoisotopic (exact) mass is 338 g/mol. The average molecular weight is 338 g/mol. The van der Waals surface area contributed by atoms with Gasteiger partial charge in [-0.05, 0) is 17.7 Å². The number of benzene rings is 2. The molecule has 1 unspecified atom stereocenters. The number of carbonyl (C=O) groups is 1. The van der Waals surface area contributed by atoms with Crippen molar-refractivity contribution < 1.29 is 32.9 Å². The van der Waals surface area contributed by atoms with Crippen molar-refractivity contribution in [3.05, 3.63) is 64.7 Å². The third-order valence-corrected chi connectivity index (χ3v) is 3.31. The summed E-state index contributed by atoms with van der Waals surface area (Å²) in [5.74, 6) is -2.49. The first-order valence-electron chi connectivity index (χ1n) is 6.95. The van der Waals surface area contributed by atoms with E-state index in [9.17, 15) is 18.7 Å². The minimum absolute atomic E-state index is 0.168. The number of methoxy groups -OCH3 is 2. The lowest BCUT2D eigenvalue weighted by Crippen LogP contribution is -2.09. The van der Waals surface area contributed by atoms with Gasteiger partial charge in [-0.1, -0.05) is 12.1 Å². The maximum absolute atomic E-state index is 14.1. The summed E-state index contributed by atoms with van der Waals surface area (Å²) in [5.41, 5.74) is 0.360. The van der Waals surface area contributed by atoms with Gasteiger partial charge in [0.25, 0.3) is 0 Å². The van der Waals surface area contributed by atoms with Crippen molar-refractivity contribution in [3.8, 4) is 5.75 Å². The largest absolute Gasteiger partial charge is 0.467 e. The summed E-state index contributed by atoms with van der Waals surface area (Å²) in [6.07, 6.45) is -1.41. The molecule has 0 aromatic heterocycles. The Labute approximate surface area is 137 Å². The van der Waals surface area contributed by atoms with Crippen molar-refractivity contribution in [1.82, 2.24) is 0 Å². The molecule has 0 radical (unpaired) electrons. The fraction of sp³-hybridized carbons (Fsp3) is 0.235. The molecule has 0 aliphatic rings. The zero-order valence-corrected chi connectivity index (χ0v) is 13.1. The molecule has 128 valence electrons. The van der Waals surface area contributed by atoms with Crippen LogP contribution in [-0.2, 0) is 9.47 Å². The Hall–Kier alpha value is -2.51. The predicted octanol–water partition coefficient (Wildman–Crippen LogP) is 2.82. The van der Waals surface area contributed by atoms with Crippen LogP contribution in [0.4, 0.5) is 8.78 Å². The number of ether oxygens (including phenoxy) is 3. The van der Waals surface area contributed by atoms with E-state index in [-0.39, 0.29) is 23.7 Å². The summed E-state index contributed by atoms with van der Waals surface area (Å²) >= 11 is 0. The van der Waals surface area contributed by atoms with E-state index in [1.807, 2.05) is 0 Å². The molecule has 0 amide bonds. The molecule has 0 heterocycles. The van der Waals surface area contributed by atoms with Crippen LogP contribution in [0.5, 0.6) is 5.75 Å². The number of esters is 1. The lowest BCUT2D eigenvalue weighted by atomic mass is 9.99. The van der Waals surface area contributed by atoms with Gasteiger partial charge >= 0.3 is 5.97 Å². The maximum Gasteiger partial charge on any atom is 0.337 e. The molecule has 0 aliphatic carbocycles. The normalized spacial score (nSPS) is 11.9. The molecule has 0 saturated carbocycles. The molecule has 0 saturated heterocycles. The van der Waals surface area contributed by atoms with Crippen LogP contribution < -0.4 is 4.74 Å². The molecule has 5 nitrogen and oxygen atoms in total. The smallest absolute Gasteiger partial charge is 0.337 e. The fourth-order valence-electron chi connectivity index (χ4n) is 2.15. The second-order valence-electron chi connectivity index (χ2n) is 4.87. The van der Waals surface area contributed by atoms with Gasteiger partial charge in [-0.3, -0.25) is 0 Å². The Morgan fingerprint density at radius 1 is 1.17 bits per heavy atom. The van der Waals surface area contributed by atoms with Gasteiger partial charge in [-0.2, -0.15) is 0 Å². The number of aliphatic hydroxyl groups excluding tert-OH is 1. The standard InChI is InChI=1S/C17H16F2O5/c1-22-9-24-14-8-12(18)7-13(19)15(14)16(20)10-3-5-11(6-4-10)17(21)23-2/h3-8,16,20H,9H2,1-2H3. The number of carbonyl (C=O) groups excluding carboxylic acids is 1. The summed E-state index contributed by atoms with van der Waals surface area (Å²) in [6, 6.07) is 7.37. The zero-order valence-electron chi connectivity index (χ0n) is 13.1. The van der Waals surface area contributed by atoms with E-state index in [1.165, 1.54) is 38.5 Å². The Morgan fingerprint density at radius 3 is 2.42 bits per heavy atom. The second kappa shape index (κ2) is 7.85. The van der Waals surface area contributed by atoms with E-state index >= 15 is 0 Å². The minimum atomic E-state index is -1.41. The molecule has 0 aliphatic heterocycles. The van der Waals surface area contributed by atoms with Crippen molar-refractivity contribution in [3.63, 3.8) is 0 Å². The molecule has 0 fully saturated rings. The van der Waals surface area contributed by atoms with Gasteiger partial charge in [0.05, 0.1) is 18.2 Å². The predicted molar refractivity (Wildman–Crippen MR) is 80.7 cm³/mol. The van der Waals surface area contributed by atoms with Gasteiger partial charge in [0.15, 0.2) is 6.79 Å². The average Bonchev–Trinajstić information content (AvgIpc) is 2.58. The first-order valence-corrected chi connectivity index (χ1v) is 6.95. The number of aliphatic hydroxyl groups is 1. The van der Waals surface area contributed by atoms with E-state index in [1.54, 1.807) is 0 Å². The molecule has 7 heteroatoms. The molecule has 1 atom stereocenters. The lowest BCUT2D eigenvalue weighted by molar-refractivity contribution is 0.0480. The van der Waals surface area contributed by atoms with Crippen molar-refractivity contribution in [1.29, 1.82) is 0 Å². The van der Waals surface area contributed by atoms with Gasteiger partial charge in [-0.25, -0.2) is 13.6 Å². The van der Waals surface area contributed by atoms with Crippen molar-refractivity contribution in [2.45, 2.75) is 6.10 Å². The topological polar surface area (TPSA) is 65.0 Å². The molecule has 2 aromatic rings. The maximum atomic E-state index is 14.1. The fourth-order valence-corrected chi connectivity index (χ4v) is 2.15. The van der Waals surface area contributed by atoms with Crippen LogP contribution in [0.15, 0.2) is 36.4 Å². The third kappa shape index (κ3) is 3.87. The first-order chi connectivity index (χ1) is 11.5. The summed E-state index contributed by atoms with van der Waals surface area (Å²) < 4.78 is 42.0. The summed E-state index contributed by atoms with van der Waals surface area (Å²) in [5, 5.41) is 10.4. The molecule has 1 N–H and O–H groups in total. The van der Waals surface area contributed by atoms with Crippen molar-refractivity contribution >= 4 is 5.97 Å². The highest BCUT2D eigenvalue weighted by Gasteiger charge is 2.22. The molecular weight excluding hydrogens is 322 g/mol. The van der Waals surface area contributed by atoms with E-state index in [2.05, 4.69) is 4.74 Å². The van der Waals surface area contributed by atoms with Crippen LogP contribution >= 0.6 is 0 Å². The van der Waals surface area contributed by atoms with E-state index < -0.39 is 23.7 Å². The van der Waals surface area contributed by atoms with Gasteiger partial charge < -0.3 is 19.3 Å². The number of rotatable bonds is 6. The molecule has 24 heavy (non-hydrogen) atoms. The quantitative estimate of drug-likeness (QED) is 0.648. The summed E-state index contributed by atoms with van der Waals surface area (Å²) in [6.45, 7) is -0.232. The Kier molecular flexibility index (Phi) is 5.83. The Balaban J connectivity index is 2.38. The Morgan fingerprint density at radius 2 is 1.83 bits per heavy atom. The van der Waals surface area contributed by atoms with Crippen molar-refractivity contribution in [2.24, 2.45) is 0 Å². The Bertz CT molecular complexity index is 716. The van der Waals surface area contributed by atoms with Crippen LogP contribution in [-0.4, -0.2) is 32.1 Å². The van der Waals surface area contributed by atoms with Crippen molar-refractivity contribution in [2.75, 3.05) is 21.0 Å². The van der Waals surface area contributed by atoms with Gasteiger partial charge in [0.1, 0.15) is 23.5 Å². The number of halogens is 2. The zero-order chi connectivity index (χ0) is 17.7.